The molecule has 0 aliphatic heterocycles. The van der Waals surface area contributed by atoms with Gasteiger partial charge in [-0.1, -0.05) is 35.0 Å². The van der Waals surface area contributed by atoms with Crippen LogP contribution < -0.4 is 0 Å². The summed E-state index contributed by atoms with van der Waals surface area (Å²) in [5.74, 6) is 0.358. The Morgan fingerprint density at radius 2 is 1.88 bits per heavy atom. The summed E-state index contributed by atoms with van der Waals surface area (Å²) >= 11 is 0. The Morgan fingerprint density at radius 3 is 2.56 bits per heavy atom. The summed E-state index contributed by atoms with van der Waals surface area (Å²) in [6.07, 6.45) is 1.63. The fraction of sp³-hybridized carbons (Fsp3) is 0.150. The van der Waals surface area contributed by atoms with Crippen molar-refractivity contribution in [3.05, 3.63) is 71.4 Å². The average Bonchev–Trinajstić information content (AvgIpc) is 3.10. The summed E-state index contributed by atoms with van der Waals surface area (Å²) in [4.78, 5) is 16.0. The van der Waals surface area contributed by atoms with Gasteiger partial charge in [0.05, 0.1) is 24.1 Å². The van der Waals surface area contributed by atoms with Crippen molar-refractivity contribution < 1.29 is 14.1 Å². The van der Waals surface area contributed by atoms with E-state index < -0.39 is 0 Å². The standard InChI is InChI=1S/C20H18N2O3/c1-3-24-20(23)16-8-10-17(11-9-16)21-13-18-12-19(25-22-18)15-6-4-14(2)5-7-15/h4-13H,3H2,1-2H3. The van der Waals surface area contributed by atoms with E-state index in [0.717, 1.165) is 5.56 Å². The summed E-state index contributed by atoms with van der Waals surface area (Å²) in [6.45, 7) is 4.17. The van der Waals surface area contributed by atoms with E-state index in [-0.39, 0.29) is 5.97 Å². The molecule has 0 unspecified atom stereocenters. The molecule has 0 atom stereocenters. The first-order valence-corrected chi connectivity index (χ1v) is 8.00. The van der Waals surface area contributed by atoms with Gasteiger partial charge in [0.15, 0.2) is 5.76 Å². The summed E-state index contributed by atoms with van der Waals surface area (Å²) in [7, 11) is 0. The molecule has 3 rings (SSSR count). The van der Waals surface area contributed by atoms with E-state index in [1.807, 2.05) is 37.3 Å². The van der Waals surface area contributed by atoms with E-state index in [9.17, 15) is 4.79 Å². The number of aromatic nitrogens is 1. The number of ether oxygens (including phenoxy) is 1. The van der Waals surface area contributed by atoms with Gasteiger partial charge in [-0.3, -0.25) is 4.99 Å². The van der Waals surface area contributed by atoms with Crippen LogP contribution in [0.5, 0.6) is 0 Å². The van der Waals surface area contributed by atoms with Crippen LogP contribution in [0.1, 0.15) is 28.5 Å². The lowest BCUT2D eigenvalue weighted by molar-refractivity contribution is 0.0526. The Bertz CT molecular complexity index is 878. The molecule has 0 fully saturated rings. The lowest BCUT2D eigenvalue weighted by atomic mass is 10.1. The van der Waals surface area contributed by atoms with E-state index in [0.29, 0.717) is 29.3 Å². The van der Waals surface area contributed by atoms with Crippen LogP contribution in [0.3, 0.4) is 0 Å². The predicted octanol–water partition coefficient (Wildman–Crippen LogP) is 4.58. The van der Waals surface area contributed by atoms with Crippen molar-refractivity contribution >= 4 is 17.9 Å². The lowest BCUT2D eigenvalue weighted by Gasteiger charge is -2.01. The fourth-order valence-corrected chi connectivity index (χ4v) is 2.24. The molecule has 3 aromatic rings. The van der Waals surface area contributed by atoms with Gasteiger partial charge in [-0.05, 0) is 38.1 Å². The highest BCUT2D eigenvalue weighted by molar-refractivity contribution is 5.90. The Morgan fingerprint density at radius 1 is 1.16 bits per heavy atom. The second-order valence-corrected chi connectivity index (χ2v) is 5.51. The van der Waals surface area contributed by atoms with Crippen molar-refractivity contribution in [3.63, 3.8) is 0 Å². The smallest absolute Gasteiger partial charge is 0.338 e. The van der Waals surface area contributed by atoms with Gasteiger partial charge in [0.2, 0.25) is 0 Å². The third-order valence-corrected chi connectivity index (χ3v) is 3.59. The molecule has 126 valence electrons. The highest BCUT2D eigenvalue weighted by Crippen LogP contribution is 2.20. The van der Waals surface area contributed by atoms with Crippen molar-refractivity contribution in [1.29, 1.82) is 0 Å². The van der Waals surface area contributed by atoms with E-state index in [2.05, 4.69) is 10.1 Å². The normalized spacial score (nSPS) is 11.0. The Hall–Kier alpha value is -3.21. The second kappa shape index (κ2) is 7.57. The number of aliphatic imine (C=N–C) groups is 1. The minimum Gasteiger partial charge on any atom is -0.462 e. The summed E-state index contributed by atoms with van der Waals surface area (Å²) in [5.41, 5.74) is 4.01. The number of hydrogen-bond acceptors (Lipinski definition) is 5. The van der Waals surface area contributed by atoms with Crippen LogP contribution >= 0.6 is 0 Å². The number of carbonyl (C=O) groups excluding carboxylic acids is 1. The zero-order valence-electron chi connectivity index (χ0n) is 14.1. The van der Waals surface area contributed by atoms with Gasteiger partial charge in [0, 0.05) is 11.6 Å². The fourth-order valence-electron chi connectivity index (χ4n) is 2.24. The molecule has 0 aliphatic carbocycles. The van der Waals surface area contributed by atoms with Gasteiger partial charge in [-0.15, -0.1) is 0 Å². The quantitative estimate of drug-likeness (QED) is 0.506. The van der Waals surface area contributed by atoms with Crippen LogP contribution in [-0.2, 0) is 4.74 Å². The molecule has 0 aliphatic rings. The third kappa shape index (κ3) is 4.20. The van der Waals surface area contributed by atoms with Gasteiger partial charge in [0.1, 0.15) is 5.69 Å². The molecule has 2 aromatic carbocycles. The molecule has 5 heteroatoms. The van der Waals surface area contributed by atoms with Crippen molar-refractivity contribution in [2.75, 3.05) is 6.61 Å². The monoisotopic (exact) mass is 334 g/mol. The highest BCUT2D eigenvalue weighted by atomic mass is 16.5. The molecule has 0 saturated carbocycles. The average molecular weight is 334 g/mol. The number of rotatable bonds is 5. The predicted molar refractivity (Wildman–Crippen MR) is 96.3 cm³/mol. The first kappa shape index (κ1) is 16.6. The zero-order valence-corrected chi connectivity index (χ0v) is 14.1. The van der Waals surface area contributed by atoms with E-state index in [4.69, 9.17) is 9.26 Å². The second-order valence-electron chi connectivity index (χ2n) is 5.51. The summed E-state index contributed by atoms with van der Waals surface area (Å²) < 4.78 is 10.3. The lowest BCUT2D eigenvalue weighted by Crippen LogP contribution is -2.03. The molecule has 0 N–H and O–H groups in total. The molecule has 0 bridgehead atoms. The SMILES string of the molecule is CCOC(=O)c1ccc(N=Cc2cc(-c3ccc(C)cc3)on2)cc1. The van der Waals surface area contributed by atoms with E-state index in [1.54, 1.807) is 37.4 Å². The number of aryl methyl sites for hydroxylation is 1. The maximum Gasteiger partial charge on any atom is 0.338 e. The molecule has 5 nitrogen and oxygen atoms in total. The molecule has 0 radical (unpaired) electrons. The Kier molecular flexibility index (Phi) is 5.04. The van der Waals surface area contributed by atoms with Crippen LogP contribution in [0, 0.1) is 6.92 Å². The van der Waals surface area contributed by atoms with Crippen molar-refractivity contribution in [1.82, 2.24) is 5.16 Å². The van der Waals surface area contributed by atoms with E-state index in [1.165, 1.54) is 5.56 Å². The molecule has 0 saturated heterocycles. The first-order valence-electron chi connectivity index (χ1n) is 8.00. The number of esters is 1. The molecule has 1 aromatic heterocycles. The highest BCUT2D eigenvalue weighted by Gasteiger charge is 2.06. The van der Waals surface area contributed by atoms with Crippen LogP contribution in [0.15, 0.2) is 64.1 Å². The maximum atomic E-state index is 11.6. The minimum absolute atomic E-state index is 0.336. The Balaban J connectivity index is 1.70. The molecule has 25 heavy (non-hydrogen) atoms. The molecule has 0 amide bonds. The Labute approximate surface area is 146 Å². The van der Waals surface area contributed by atoms with Crippen LogP contribution in [0.25, 0.3) is 11.3 Å². The van der Waals surface area contributed by atoms with Gasteiger partial charge >= 0.3 is 5.97 Å². The minimum atomic E-state index is -0.336. The van der Waals surface area contributed by atoms with Crippen molar-refractivity contribution in [3.8, 4) is 11.3 Å². The summed E-state index contributed by atoms with van der Waals surface area (Å²) in [6, 6.07) is 16.7. The van der Waals surface area contributed by atoms with Crippen molar-refractivity contribution in [2.45, 2.75) is 13.8 Å². The largest absolute Gasteiger partial charge is 0.462 e. The topological polar surface area (TPSA) is 64.7 Å². The number of hydrogen-bond donors (Lipinski definition) is 0. The number of nitrogens with zero attached hydrogens (tertiary/aromatic N) is 2. The maximum absolute atomic E-state index is 11.6. The first-order chi connectivity index (χ1) is 12.2. The van der Waals surface area contributed by atoms with Gasteiger partial charge < -0.3 is 9.26 Å². The zero-order chi connectivity index (χ0) is 17.6. The van der Waals surface area contributed by atoms with Gasteiger partial charge in [0.25, 0.3) is 0 Å². The van der Waals surface area contributed by atoms with Crippen LogP contribution in [-0.4, -0.2) is 23.9 Å². The summed E-state index contributed by atoms with van der Waals surface area (Å²) in [5, 5.41) is 4.00. The van der Waals surface area contributed by atoms with Gasteiger partial charge in [-0.25, -0.2) is 4.79 Å². The molecular formula is C20H18N2O3. The number of benzene rings is 2. The third-order valence-electron chi connectivity index (χ3n) is 3.59. The van der Waals surface area contributed by atoms with Gasteiger partial charge in [-0.2, -0.15) is 0 Å². The molecule has 1 heterocycles. The van der Waals surface area contributed by atoms with Crippen LogP contribution in [0.4, 0.5) is 5.69 Å². The molecular weight excluding hydrogens is 316 g/mol. The molecule has 0 spiro atoms. The van der Waals surface area contributed by atoms with Crippen molar-refractivity contribution in [2.24, 2.45) is 4.99 Å². The van der Waals surface area contributed by atoms with Crippen LogP contribution in [0.2, 0.25) is 0 Å². The number of carbonyl (C=O) groups is 1. The van der Waals surface area contributed by atoms with E-state index >= 15 is 0 Å².